The molecule has 1 aromatic carbocycles. The van der Waals surface area contributed by atoms with Crippen molar-refractivity contribution in [3.63, 3.8) is 0 Å². The molecule has 1 fully saturated rings. The Labute approximate surface area is 170 Å². The molecule has 7 nitrogen and oxygen atoms in total. The van der Waals surface area contributed by atoms with Crippen LogP contribution in [-0.2, 0) is 10.0 Å². The van der Waals surface area contributed by atoms with Crippen LogP contribution in [0.25, 0.3) is 0 Å². The van der Waals surface area contributed by atoms with Gasteiger partial charge >= 0.3 is 0 Å². The average molecular weight is 410 g/mol. The molecule has 0 amide bonds. The van der Waals surface area contributed by atoms with Gasteiger partial charge in [-0.1, -0.05) is 12.1 Å². The van der Waals surface area contributed by atoms with E-state index in [1.54, 1.807) is 6.92 Å². The van der Waals surface area contributed by atoms with Gasteiger partial charge in [-0.2, -0.15) is 0 Å². The summed E-state index contributed by atoms with van der Waals surface area (Å²) in [6.45, 7) is 9.81. The maximum Gasteiger partial charge on any atom is 0.211 e. The number of nitrogens with zero attached hydrogens (tertiary/aromatic N) is 2. The highest BCUT2D eigenvalue weighted by Gasteiger charge is 2.14. The Kier molecular flexibility index (Phi) is 9.05. The summed E-state index contributed by atoms with van der Waals surface area (Å²) in [4.78, 5) is 7.01. The number of sulfonamides is 1. The third-order valence-electron chi connectivity index (χ3n) is 4.85. The molecule has 2 rings (SSSR count). The van der Waals surface area contributed by atoms with E-state index in [1.807, 2.05) is 6.92 Å². The number of hydrogen-bond donors (Lipinski definition) is 3. The van der Waals surface area contributed by atoms with Gasteiger partial charge in [-0.15, -0.1) is 0 Å². The molecule has 0 aliphatic carbocycles. The summed E-state index contributed by atoms with van der Waals surface area (Å²) >= 11 is 0. The monoisotopic (exact) mass is 409 g/mol. The highest BCUT2D eigenvalue weighted by atomic mass is 32.2. The molecule has 1 aromatic rings. The molecular weight excluding hydrogens is 374 g/mol. The summed E-state index contributed by atoms with van der Waals surface area (Å²) in [5, 5.41) is 6.71. The number of benzene rings is 1. The van der Waals surface area contributed by atoms with Gasteiger partial charge in [0.25, 0.3) is 0 Å². The molecule has 1 atom stereocenters. The van der Waals surface area contributed by atoms with E-state index in [2.05, 4.69) is 56.4 Å². The Morgan fingerprint density at radius 3 is 2.68 bits per heavy atom. The fourth-order valence-corrected chi connectivity index (χ4v) is 3.83. The molecular formula is C20H35N5O2S. The van der Waals surface area contributed by atoms with E-state index >= 15 is 0 Å². The lowest BCUT2D eigenvalue weighted by Gasteiger charge is -2.22. The number of rotatable bonds is 10. The Balaban J connectivity index is 1.90. The fourth-order valence-electron chi connectivity index (χ4n) is 3.17. The van der Waals surface area contributed by atoms with Crippen LogP contribution < -0.4 is 20.3 Å². The first-order valence-electron chi connectivity index (χ1n) is 10.3. The Bertz CT molecular complexity index is 730. The number of guanidine groups is 1. The first-order chi connectivity index (χ1) is 13.4. The van der Waals surface area contributed by atoms with E-state index < -0.39 is 10.0 Å². The largest absolute Gasteiger partial charge is 0.372 e. The lowest BCUT2D eigenvalue weighted by Crippen LogP contribution is -2.39. The maximum atomic E-state index is 11.4. The second-order valence-electron chi connectivity index (χ2n) is 7.07. The predicted octanol–water partition coefficient (Wildman–Crippen LogP) is 2.23. The number of hydrogen-bond acceptors (Lipinski definition) is 4. The molecule has 0 spiro atoms. The SMILES string of the molecule is CCNC(=NCCCNS(=O)(=O)CC)NC(C)c1cccc(N2CCCC2)c1. The van der Waals surface area contributed by atoms with E-state index in [0.29, 0.717) is 19.5 Å². The van der Waals surface area contributed by atoms with Crippen LogP contribution in [0.4, 0.5) is 5.69 Å². The van der Waals surface area contributed by atoms with Crippen molar-refractivity contribution in [1.29, 1.82) is 0 Å². The van der Waals surface area contributed by atoms with Gasteiger partial charge in [-0.3, -0.25) is 4.99 Å². The highest BCUT2D eigenvalue weighted by molar-refractivity contribution is 7.89. The van der Waals surface area contributed by atoms with Gasteiger partial charge < -0.3 is 15.5 Å². The van der Waals surface area contributed by atoms with Gasteiger partial charge in [0.1, 0.15) is 0 Å². The molecule has 1 heterocycles. The summed E-state index contributed by atoms with van der Waals surface area (Å²) < 4.78 is 25.5. The number of aliphatic imine (C=N–C) groups is 1. The quantitative estimate of drug-likeness (QED) is 0.313. The summed E-state index contributed by atoms with van der Waals surface area (Å²) in [5.41, 5.74) is 2.51. The van der Waals surface area contributed by atoms with Crippen molar-refractivity contribution in [2.24, 2.45) is 4.99 Å². The molecule has 0 aromatic heterocycles. The average Bonchev–Trinajstić information content (AvgIpc) is 3.22. The second kappa shape index (κ2) is 11.3. The van der Waals surface area contributed by atoms with Crippen molar-refractivity contribution in [1.82, 2.24) is 15.4 Å². The van der Waals surface area contributed by atoms with Gasteiger partial charge in [0.2, 0.25) is 10.0 Å². The summed E-state index contributed by atoms with van der Waals surface area (Å²) in [6, 6.07) is 8.81. The van der Waals surface area contributed by atoms with Crippen molar-refractivity contribution < 1.29 is 8.42 Å². The van der Waals surface area contributed by atoms with E-state index in [1.165, 1.54) is 24.1 Å². The normalized spacial score (nSPS) is 16.2. The molecule has 3 N–H and O–H groups in total. The van der Waals surface area contributed by atoms with Crippen molar-refractivity contribution in [3.05, 3.63) is 29.8 Å². The lowest BCUT2D eigenvalue weighted by atomic mass is 10.1. The van der Waals surface area contributed by atoms with Gasteiger partial charge in [0, 0.05) is 38.4 Å². The molecule has 8 heteroatoms. The van der Waals surface area contributed by atoms with E-state index in [0.717, 1.165) is 25.6 Å². The maximum absolute atomic E-state index is 11.4. The van der Waals surface area contributed by atoms with Gasteiger partial charge in [0.15, 0.2) is 5.96 Å². The van der Waals surface area contributed by atoms with Crippen molar-refractivity contribution in [2.75, 3.05) is 43.4 Å². The van der Waals surface area contributed by atoms with Crippen LogP contribution in [0.3, 0.4) is 0 Å². The molecule has 158 valence electrons. The number of nitrogens with one attached hydrogen (secondary N) is 3. The number of anilines is 1. The van der Waals surface area contributed by atoms with Crippen molar-refractivity contribution in [2.45, 2.75) is 46.1 Å². The standard InChI is InChI=1S/C20H35N5O2S/c1-4-21-20(22-12-9-13-23-28(26,27)5-2)24-17(3)18-10-8-11-19(16-18)25-14-6-7-15-25/h8,10-11,16-17,23H,4-7,9,12-15H2,1-3H3,(H2,21,22,24). The first-order valence-corrected chi connectivity index (χ1v) is 12.0. The van der Waals surface area contributed by atoms with Gasteiger partial charge in [0.05, 0.1) is 11.8 Å². The summed E-state index contributed by atoms with van der Waals surface area (Å²) in [5.74, 6) is 0.856. The van der Waals surface area contributed by atoms with Crippen LogP contribution in [-0.4, -0.2) is 52.9 Å². The fraction of sp³-hybridized carbons (Fsp3) is 0.650. The van der Waals surface area contributed by atoms with E-state index in [4.69, 9.17) is 0 Å². The van der Waals surface area contributed by atoms with Crippen LogP contribution >= 0.6 is 0 Å². The summed E-state index contributed by atoms with van der Waals surface area (Å²) in [6.07, 6.45) is 3.20. The Morgan fingerprint density at radius 1 is 1.25 bits per heavy atom. The van der Waals surface area contributed by atoms with Gasteiger partial charge in [-0.05, 0) is 57.7 Å². The minimum atomic E-state index is -3.13. The topological polar surface area (TPSA) is 85.8 Å². The lowest BCUT2D eigenvalue weighted by molar-refractivity contribution is 0.580. The zero-order valence-corrected chi connectivity index (χ0v) is 18.2. The van der Waals surface area contributed by atoms with E-state index in [-0.39, 0.29) is 11.8 Å². The van der Waals surface area contributed by atoms with Crippen LogP contribution in [0, 0.1) is 0 Å². The molecule has 0 bridgehead atoms. The van der Waals surface area contributed by atoms with Gasteiger partial charge in [-0.25, -0.2) is 13.1 Å². The van der Waals surface area contributed by atoms with Crippen LogP contribution in [0.1, 0.15) is 51.6 Å². The molecule has 1 saturated heterocycles. The first kappa shape index (κ1) is 22.5. The summed E-state index contributed by atoms with van der Waals surface area (Å²) in [7, 11) is -3.13. The second-order valence-corrected chi connectivity index (χ2v) is 9.16. The molecule has 0 saturated carbocycles. The molecule has 0 radical (unpaired) electrons. The zero-order valence-electron chi connectivity index (χ0n) is 17.4. The third kappa shape index (κ3) is 7.31. The zero-order chi connectivity index (χ0) is 20.4. The third-order valence-corrected chi connectivity index (χ3v) is 6.25. The molecule has 28 heavy (non-hydrogen) atoms. The molecule has 1 aliphatic rings. The van der Waals surface area contributed by atoms with E-state index in [9.17, 15) is 8.42 Å². The minimum absolute atomic E-state index is 0.106. The Morgan fingerprint density at radius 2 is 2.00 bits per heavy atom. The van der Waals surface area contributed by atoms with Crippen molar-refractivity contribution >= 4 is 21.7 Å². The Hall–Kier alpha value is -1.80. The van der Waals surface area contributed by atoms with Crippen LogP contribution in [0.2, 0.25) is 0 Å². The minimum Gasteiger partial charge on any atom is -0.372 e. The molecule has 1 unspecified atom stereocenters. The van der Waals surface area contributed by atoms with Crippen LogP contribution in [0.5, 0.6) is 0 Å². The smallest absolute Gasteiger partial charge is 0.211 e. The molecule has 1 aliphatic heterocycles. The predicted molar refractivity (Wildman–Crippen MR) is 117 cm³/mol. The van der Waals surface area contributed by atoms with Crippen molar-refractivity contribution in [3.8, 4) is 0 Å². The van der Waals surface area contributed by atoms with Crippen LogP contribution in [0.15, 0.2) is 29.3 Å². The highest BCUT2D eigenvalue weighted by Crippen LogP contribution is 2.23.